The molecule has 1 aliphatic rings. The summed E-state index contributed by atoms with van der Waals surface area (Å²) in [5, 5.41) is 3.21. The Kier molecular flexibility index (Phi) is 5.63. The third-order valence-corrected chi connectivity index (χ3v) is 4.52. The first-order valence-electron chi connectivity index (χ1n) is 6.75. The van der Waals surface area contributed by atoms with Crippen molar-refractivity contribution in [3.8, 4) is 0 Å². The van der Waals surface area contributed by atoms with Crippen molar-refractivity contribution >= 4 is 11.3 Å². The van der Waals surface area contributed by atoms with Crippen LogP contribution in [0.15, 0.2) is 12.1 Å². The number of likely N-dealkylation sites (tertiary alicyclic amines) is 1. The van der Waals surface area contributed by atoms with Crippen LogP contribution in [0.3, 0.4) is 0 Å². The number of nitrogens with one attached hydrogen (secondary N) is 1. The molecule has 1 saturated heterocycles. The largest absolute Gasteiger partial charge is 0.384 e. The van der Waals surface area contributed by atoms with Gasteiger partial charge in [0.2, 0.25) is 0 Å². The Balaban J connectivity index is 1.84. The second-order valence-electron chi connectivity index (χ2n) is 5.10. The van der Waals surface area contributed by atoms with Gasteiger partial charge >= 0.3 is 0 Å². The zero-order valence-corrected chi connectivity index (χ0v) is 12.3. The van der Waals surface area contributed by atoms with Gasteiger partial charge < -0.3 is 10.1 Å². The van der Waals surface area contributed by atoms with Crippen molar-refractivity contribution in [2.24, 2.45) is 5.92 Å². The predicted molar refractivity (Wildman–Crippen MR) is 77.0 cm³/mol. The molecule has 1 aromatic rings. The lowest BCUT2D eigenvalue weighted by molar-refractivity contribution is 0.0878. The minimum absolute atomic E-state index is 0.723. The Morgan fingerprint density at radius 1 is 1.44 bits per heavy atom. The Bertz CT molecular complexity index is 351. The van der Waals surface area contributed by atoms with Crippen LogP contribution in [-0.4, -0.2) is 38.8 Å². The molecule has 0 aliphatic carbocycles. The highest BCUT2D eigenvalue weighted by molar-refractivity contribution is 7.11. The van der Waals surface area contributed by atoms with Crippen LogP contribution < -0.4 is 5.32 Å². The second kappa shape index (κ2) is 7.24. The highest BCUT2D eigenvalue weighted by atomic mass is 32.1. The van der Waals surface area contributed by atoms with E-state index in [4.69, 9.17) is 4.74 Å². The smallest absolute Gasteiger partial charge is 0.0502 e. The first-order chi connectivity index (χ1) is 8.81. The van der Waals surface area contributed by atoms with Crippen molar-refractivity contribution in [1.29, 1.82) is 0 Å². The lowest BCUT2D eigenvalue weighted by atomic mass is 9.99. The molecule has 0 bridgehead atoms. The van der Waals surface area contributed by atoms with Gasteiger partial charge in [0.25, 0.3) is 0 Å². The Morgan fingerprint density at radius 2 is 2.28 bits per heavy atom. The van der Waals surface area contributed by atoms with E-state index >= 15 is 0 Å². The van der Waals surface area contributed by atoms with E-state index in [1.54, 1.807) is 0 Å². The van der Waals surface area contributed by atoms with Crippen LogP contribution in [0.4, 0.5) is 0 Å². The fraction of sp³-hybridized carbons (Fsp3) is 0.714. The number of hydrogen-bond acceptors (Lipinski definition) is 4. The van der Waals surface area contributed by atoms with Crippen molar-refractivity contribution in [2.45, 2.75) is 25.9 Å². The van der Waals surface area contributed by atoms with E-state index in [-0.39, 0.29) is 0 Å². The maximum absolute atomic E-state index is 5.28. The van der Waals surface area contributed by atoms with Crippen LogP contribution in [0.2, 0.25) is 0 Å². The quantitative estimate of drug-likeness (QED) is 0.857. The number of nitrogens with zero attached hydrogens (tertiary/aromatic N) is 1. The Labute approximate surface area is 114 Å². The molecule has 4 heteroatoms. The number of ether oxygens (including phenoxy) is 1. The molecule has 0 amide bonds. The minimum atomic E-state index is 0.723. The summed E-state index contributed by atoms with van der Waals surface area (Å²) in [6.07, 6.45) is 2.63. The van der Waals surface area contributed by atoms with Crippen molar-refractivity contribution in [1.82, 2.24) is 10.2 Å². The highest BCUT2D eigenvalue weighted by Crippen LogP contribution is 2.22. The first kappa shape index (κ1) is 14.0. The summed E-state index contributed by atoms with van der Waals surface area (Å²) in [5.74, 6) is 0.723. The van der Waals surface area contributed by atoms with Crippen molar-refractivity contribution in [2.75, 3.05) is 33.9 Å². The molecule has 1 N–H and O–H groups in total. The van der Waals surface area contributed by atoms with Gasteiger partial charge in [-0.3, -0.25) is 4.90 Å². The molecule has 18 heavy (non-hydrogen) atoms. The molecular formula is C14H24N2OS. The van der Waals surface area contributed by atoms with E-state index < -0.39 is 0 Å². The maximum Gasteiger partial charge on any atom is 0.0502 e. The van der Waals surface area contributed by atoms with Gasteiger partial charge in [-0.15, -0.1) is 11.3 Å². The molecule has 1 aromatic heterocycles. The molecule has 1 aliphatic heterocycles. The molecule has 1 fully saturated rings. The molecule has 0 saturated carbocycles. The molecule has 1 unspecified atom stereocenters. The van der Waals surface area contributed by atoms with E-state index in [0.717, 1.165) is 25.6 Å². The van der Waals surface area contributed by atoms with Crippen molar-refractivity contribution < 1.29 is 4.74 Å². The van der Waals surface area contributed by atoms with Gasteiger partial charge in [-0.25, -0.2) is 0 Å². The van der Waals surface area contributed by atoms with E-state index in [2.05, 4.69) is 22.3 Å². The average molecular weight is 268 g/mol. The predicted octanol–water partition coefficient (Wildman–Crippen LogP) is 2.33. The standard InChI is InChI=1S/C14H24N2OS/c1-15-8-13-5-6-14(18-13)10-16-7-3-4-12(9-16)11-17-2/h5-6,12,15H,3-4,7-11H2,1-2H3. The van der Waals surface area contributed by atoms with Crippen LogP contribution in [0.5, 0.6) is 0 Å². The lowest BCUT2D eigenvalue weighted by Crippen LogP contribution is -2.36. The van der Waals surface area contributed by atoms with E-state index in [9.17, 15) is 0 Å². The monoisotopic (exact) mass is 268 g/mol. The molecule has 102 valence electrons. The fourth-order valence-electron chi connectivity index (χ4n) is 2.66. The zero-order chi connectivity index (χ0) is 12.8. The van der Waals surface area contributed by atoms with E-state index in [0.29, 0.717) is 0 Å². The number of methoxy groups -OCH3 is 1. The van der Waals surface area contributed by atoms with Gasteiger partial charge in [0.1, 0.15) is 0 Å². The normalized spacial score (nSPS) is 21.3. The van der Waals surface area contributed by atoms with Crippen LogP contribution in [0.25, 0.3) is 0 Å². The summed E-state index contributed by atoms with van der Waals surface area (Å²) >= 11 is 1.93. The molecular weight excluding hydrogens is 244 g/mol. The molecule has 0 aromatic carbocycles. The van der Waals surface area contributed by atoms with Gasteiger partial charge in [0.15, 0.2) is 0 Å². The van der Waals surface area contributed by atoms with Crippen LogP contribution >= 0.6 is 11.3 Å². The summed E-state index contributed by atoms with van der Waals surface area (Å²) in [4.78, 5) is 5.48. The summed E-state index contributed by atoms with van der Waals surface area (Å²) in [6, 6.07) is 4.52. The first-order valence-corrected chi connectivity index (χ1v) is 7.57. The molecule has 1 atom stereocenters. The van der Waals surface area contributed by atoms with Gasteiger partial charge in [-0.1, -0.05) is 0 Å². The number of thiophene rings is 1. The second-order valence-corrected chi connectivity index (χ2v) is 6.35. The SMILES string of the molecule is CNCc1ccc(CN2CCCC(COC)C2)s1. The third kappa shape index (κ3) is 4.05. The summed E-state index contributed by atoms with van der Waals surface area (Å²) in [5.41, 5.74) is 0. The summed E-state index contributed by atoms with van der Waals surface area (Å²) < 4.78 is 5.28. The topological polar surface area (TPSA) is 24.5 Å². The van der Waals surface area contributed by atoms with Crippen LogP contribution in [0.1, 0.15) is 22.6 Å². The molecule has 0 radical (unpaired) electrons. The Morgan fingerprint density at radius 3 is 3.06 bits per heavy atom. The average Bonchev–Trinajstić information content (AvgIpc) is 2.78. The van der Waals surface area contributed by atoms with Crippen LogP contribution in [0, 0.1) is 5.92 Å². The van der Waals surface area contributed by atoms with Crippen LogP contribution in [-0.2, 0) is 17.8 Å². The molecule has 2 heterocycles. The summed E-state index contributed by atoms with van der Waals surface area (Å²) in [7, 11) is 3.81. The van der Waals surface area contributed by atoms with Crippen molar-refractivity contribution in [3.05, 3.63) is 21.9 Å². The number of hydrogen-bond donors (Lipinski definition) is 1. The van der Waals surface area contributed by atoms with Gasteiger partial charge in [-0.2, -0.15) is 0 Å². The number of piperidine rings is 1. The van der Waals surface area contributed by atoms with Gasteiger partial charge in [-0.05, 0) is 44.5 Å². The third-order valence-electron chi connectivity index (χ3n) is 3.45. The molecule has 3 nitrogen and oxygen atoms in total. The molecule has 0 spiro atoms. The van der Waals surface area contributed by atoms with E-state index in [1.807, 2.05) is 25.5 Å². The molecule has 2 rings (SSSR count). The number of rotatable bonds is 6. The van der Waals surface area contributed by atoms with Crippen molar-refractivity contribution in [3.63, 3.8) is 0 Å². The highest BCUT2D eigenvalue weighted by Gasteiger charge is 2.20. The Hall–Kier alpha value is -0.420. The summed E-state index contributed by atoms with van der Waals surface area (Å²) in [6.45, 7) is 5.42. The van der Waals surface area contributed by atoms with Gasteiger partial charge in [0.05, 0.1) is 6.61 Å². The van der Waals surface area contributed by atoms with Gasteiger partial charge in [0, 0.05) is 36.5 Å². The lowest BCUT2D eigenvalue weighted by Gasteiger charge is -2.31. The van der Waals surface area contributed by atoms with E-state index in [1.165, 1.54) is 35.7 Å². The zero-order valence-electron chi connectivity index (χ0n) is 11.4. The fourth-order valence-corrected chi connectivity index (χ4v) is 3.74. The minimum Gasteiger partial charge on any atom is -0.384 e. The maximum atomic E-state index is 5.28.